The molecule has 116 valence electrons. The van der Waals surface area contributed by atoms with Gasteiger partial charge < -0.3 is 16.0 Å². The van der Waals surface area contributed by atoms with Crippen molar-refractivity contribution >= 4 is 22.9 Å². The van der Waals surface area contributed by atoms with E-state index in [1.54, 1.807) is 0 Å². The molecule has 1 aliphatic carbocycles. The van der Waals surface area contributed by atoms with E-state index in [9.17, 15) is 0 Å². The zero-order valence-corrected chi connectivity index (χ0v) is 14.3. The van der Waals surface area contributed by atoms with E-state index in [1.165, 1.54) is 25.7 Å². The number of pyridine rings is 1. The topological polar surface area (TPSA) is 54.2 Å². The van der Waals surface area contributed by atoms with Gasteiger partial charge in [-0.05, 0) is 46.9 Å². The van der Waals surface area contributed by atoms with E-state index in [0.717, 1.165) is 29.2 Å². The van der Waals surface area contributed by atoms with Crippen LogP contribution in [0.1, 0.15) is 42.6 Å². The van der Waals surface area contributed by atoms with Gasteiger partial charge in [-0.3, -0.25) is 4.98 Å². The Bertz CT molecular complexity index is 533. The fraction of sp³-hybridized carbons (Fsp3) is 0.625. The van der Waals surface area contributed by atoms with E-state index in [-0.39, 0.29) is 5.54 Å². The molecule has 1 aromatic heterocycles. The summed E-state index contributed by atoms with van der Waals surface area (Å²) in [6, 6.07) is 2.04. The summed E-state index contributed by atoms with van der Waals surface area (Å²) in [5.41, 5.74) is 9.89. The number of aromatic nitrogens is 1. The summed E-state index contributed by atoms with van der Waals surface area (Å²) in [5, 5.41) is 3.59. The average Bonchev–Trinajstić information content (AvgIpc) is 2.85. The highest BCUT2D eigenvalue weighted by Crippen LogP contribution is 2.34. The van der Waals surface area contributed by atoms with Gasteiger partial charge in [0.1, 0.15) is 4.99 Å². The van der Waals surface area contributed by atoms with Crippen LogP contribution in [0.25, 0.3) is 0 Å². The molecule has 0 aliphatic heterocycles. The summed E-state index contributed by atoms with van der Waals surface area (Å²) in [6.07, 6.45) is 5.07. The molecule has 1 aromatic rings. The van der Waals surface area contributed by atoms with Crippen molar-refractivity contribution in [3.8, 4) is 0 Å². The van der Waals surface area contributed by atoms with Crippen LogP contribution >= 0.6 is 12.2 Å². The third-order valence-electron chi connectivity index (χ3n) is 4.67. The van der Waals surface area contributed by atoms with Crippen LogP contribution in [0.5, 0.6) is 0 Å². The van der Waals surface area contributed by atoms with Gasteiger partial charge in [0.2, 0.25) is 0 Å². The Labute approximate surface area is 133 Å². The SMILES string of the molecule is Cc1cc(NCC2(N(C)C)CCCC2)c(C(N)=S)c(C)n1. The molecule has 0 aromatic carbocycles. The number of nitrogens with one attached hydrogen (secondary N) is 1. The molecule has 2 rings (SSSR count). The van der Waals surface area contributed by atoms with Crippen LogP contribution in [0, 0.1) is 13.8 Å². The Hall–Kier alpha value is -1.20. The molecule has 0 bridgehead atoms. The Morgan fingerprint density at radius 1 is 1.38 bits per heavy atom. The van der Waals surface area contributed by atoms with Crippen molar-refractivity contribution in [3.63, 3.8) is 0 Å². The smallest absolute Gasteiger partial charge is 0.107 e. The van der Waals surface area contributed by atoms with E-state index in [0.29, 0.717) is 4.99 Å². The minimum atomic E-state index is 0.235. The predicted molar refractivity (Wildman–Crippen MR) is 93.0 cm³/mol. The molecule has 4 nitrogen and oxygen atoms in total. The number of hydrogen-bond acceptors (Lipinski definition) is 4. The predicted octanol–water partition coefficient (Wildman–Crippen LogP) is 2.62. The zero-order chi connectivity index (χ0) is 15.6. The first-order valence-corrected chi connectivity index (χ1v) is 7.96. The van der Waals surface area contributed by atoms with Crippen LogP contribution < -0.4 is 11.1 Å². The third kappa shape index (κ3) is 3.35. The van der Waals surface area contributed by atoms with Crippen molar-refractivity contribution in [1.29, 1.82) is 0 Å². The monoisotopic (exact) mass is 306 g/mol. The molecule has 1 aliphatic rings. The molecule has 0 amide bonds. The van der Waals surface area contributed by atoms with Crippen LogP contribution in [0.2, 0.25) is 0 Å². The van der Waals surface area contributed by atoms with Gasteiger partial charge in [0.25, 0.3) is 0 Å². The molecular weight excluding hydrogens is 280 g/mol. The number of nitrogens with zero attached hydrogens (tertiary/aromatic N) is 2. The van der Waals surface area contributed by atoms with Crippen molar-refractivity contribution < 1.29 is 0 Å². The summed E-state index contributed by atoms with van der Waals surface area (Å²) in [4.78, 5) is 7.24. The fourth-order valence-corrected chi connectivity index (χ4v) is 3.61. The maximum Gasteiger partial charge on any atom is 0.107 e. The van der Waals surface area contributed by atoms with Gasteiger partial charge in [-0.15, -0.1) is 0 Å². The van der Waals surface area contributed by atoms with E-state index in [4.69, 9.17) is 18.0 Å². The number of anilines is 1. The molecule has 0 unspecified atom stereocenters. The minimum absolute atomic E-state index is 0.235. The molecule has 5 heteroatoms. The number of thiocarbonyl (C=S) groups is 1. The summed E-state index contributed by atoms with van der Waals surface area (Å²) >= 11 is 5.20. The first-order chi connectivity index (χ1) is 9.85. The quantitative estimate of drug-likeness (QED) is 0.819. The van der Waals surface area contributed by atoms with Crippen LogP contribution in [0.3, 0.4) is 0 Å². The van der Waals surface area contributed by atoms with Crippen LogP contribution in [-0.4, -0.2) is 41.1 Å². The van der Waals surface area contributed by atoms with Gasteiger partial charge in [-0.2, -0.15) is 0 Å². The third-order valence-corrected chi connectivity index (χ3v) is 4.87. The Kier molecular flexibility index (Phi) is 4.84. The highest BCUT2D eigenvalue weighted by atomic mass is 32.1. The largest absolute Gasteiger partial charge is 0.389 e. The molecule has 0 spiro atoms. The molecule has 1 saturated carbocycles. The van der Waals surface area contributed by atoms with Crippen molar-refractivity contribution in [2.75, 3.05) is 26.0 Å². The second-order valence-electron chi connectivity index (χ2n) is 6.32. The molecule has 0 radical (unpaired) electrons. The van der Waals surface area contributed by atoms with Gasteiger partial charge in [0, 0.05) is 29.2 Å². The van der Waals surface area contributed by atoms with E-state index in [1.807, 2.05) is 19.9 Å². The van der Waals surface area contributed by atoms with Crippen molar-refractivity contribution in [1.82, 2.24) is 9.88 Å². The standard InChI is InChI=1S/C16H26N4S/c1-11-9-13(14(15(17)21)12(2)19-11)18-10-16(20(3)4)7-5-6-8-16/h9H,5-8,10H2,1-4H3,(H2,17,21)(H,18,19). The molecule has 0 atom stereocenters. The van der Waals surface area contributed by atoms with E-state index in [2.05, 4.69) is 29.3 Å². The fourth-order valence-electron chi connectivity index (χ4n) is 3.35. The Balaban J connectivity index is 2.25. The Morgan fingerprint density at radius 2 is 2.00 bits per heavy atom. The minimum Gasteiger partial charge on any atom is -0.389 e. The number of likely N-dealkylation sites (N-methyl/N-ethyl adjacent to an activating group) is 1. The van der Waals surface area contributed by atoms with Crippen molar-refractivity contribution in [3.05, 3.63) is 23.0 Å². The maximum absolute atomic E-state index is 5.88. The lowest BCUT2D eigenvalue weighted by Gasteiger charge is -2.37. The molecule has 1 heterocycles. The lowest BCUT2D eigenvalue weighted by Crippen LogP contribution is -2.47. The second kappa shape index (κ2) is 6.28. The van der Waals surface area contributed by atoms with Crippen LogP contribution in [0.15, 0.2) is 6.07 Å². The number of nitrogens with two attached hydrogens (primary N) is 1. The summed E-state index contributed by atoms with van der Waals surface area (Å²) < 4.78 is 0. The summed E-state index contributed by atoms with van der Waals surface area (Å²) in [7, 11) is 4.34. The van der Waals surface area contributed by atoms with Gasteiger partial charge in [0.05, 0.1) is 5.56 Å². The van der Waals surface area contributed by atoms with Crippen LogP contribution in [-0.2, 0) is 0 Å². The van der Waals surface area contributed by atoms with Crippen LogP contribution in [0.4, 0.5) is 5.69 Å². The first kappa shape index (κ1) is 16.2. The highest BCUT2D eigenvalue weighted by molar-refractivity contribution is 7.80. The number of aryl methyl sites for hydroxylation is 2. The van der Waals surface area contributed by atoms with Gasteiger partial charge in [-0.1, -0.05) is 25.1 Å². The van der Waals surface area contributed by atoms with Crippen molar-refractivity contribution in [2.24, 2.45) is 5.73 Å². The molecular formula is C16H26N4S. The van der Waals surface area contributed by atoms with Crippen molar-refractivity contribution in [2.45, 2.75) is 45.1 Å². The zero-order valence-electron chi connectivity index (χ0n) is 13.5. The van der Waals surface area contributed by atoms with E-state index < -0.39 is 0 Å². The molecule has 21 heavy (non-hydrogen) atoms. The van der Waals surface area contributed by atoms with E-state index >= 15 is 0 Å². The highest BCUT2D eigenvalue weighted by Gasteiger charge is 2.35. The second-order valence-corrected chi connectivity index (χ2v) is 6.76. The Morgan fingerprint density at radius 3 is 2.52 bits per heavy atom. The lowest BCUT2D eigenvalue weighted by atomic mass is 9.95. The molecule has 1 fully saturated rings. The number of hydrogen-bond donors (Lipinski definition) is 2. The molecule has 0 saturated heterocycles. The lowest BCUT2D eigenvalue weighted by molar-refractivity contribution is 0.172. The summed E-state index contributed by atoms with van der Waals surface area (Å²) in [5.74, 6) is 0. The average molecular weight is 306 g/mol. The maximum atomic E-state index is 5.88. The van der Waals surface area contributed by atoms with Gasteiger partial charge >= 0.3 is 0 Å². The first-order valence-electron chi connectivity index (χ1n) is 7.55. The van der Waals surface area contributed by atoms with Gasteiger partial charge in [0.15, 0.2) is 0 Å². The van der Waals surface area contributed by atoms with Gasteiger partial charge in [-0.25, -0.2) is 0 Å². The normalized spacial score (nSPS) is 17.2. The molecule has 3 N–H and O–H groups in total. The summed E-state index contributed by atoms with van der Waals surface area (Å²) in [6.45, 7) is 4.88. The number of rotatable bonds is 5.